The smallest absolute Gasteiger partial charge is 0.394 e. The van der Waals surface area contributed by atoms with Crippen molar-refractivity contribution >= 4 is 11.3 Å². The molecule has 2 aromatic heterocycles. The summed E-state index contributed by atoms with van der Waals surface area (Å²) in [5, 5.41) is 13.4. The lowest BCUT2D eigenvalue weighted by atomic mass is 9.89. The Labute approximate surface area is 204 Å². The lowest BCUT2D eigenvalue weighted by Crippen LogP contribution is -2.40. The van der Waals surface area contributed by atoms with Gasteiger partial charge in [-0.15, -0.1) is 11.3 Å². The van der Waals surface area contributed by atoms with Gasteiger partial charge in [-0.3, -0.25) is 0 Å². The van der Waals surface area contributed by atoms with Gasteiger partial charge in [0.05, 0.1) is 17.2 Å². The molecule has 0 saturated heterocycles. The molecule has 1 unspecified atom stereocenters. The van der Waals surface area contributed by atoms with E-state index in [1.807, 2.05) is 19.1 Å². The summed E-state index contributed by atoms with van der Waals surface area (Å²) in [6, 6.07) is 14.3. The van der Waals surface area contributed by atoms with Crippen LogP contribution in [0.1, 0.15) is 35.7 Å². The molecule has 1 atom stereocenters. The van der Waals surface area contributed by atoms with Gasteiger partial charge in [-0.2, -0.15) is 13.2 Å². The molecule has 0 spiro atoms. The van der Waals surface area contributed by atoms with Gasteiger partial charge in [0.25, 0.3) is 0 Å². The fourth-order valence-electron chi connectivity index (χ4n) is 4.31. The molecule has 5 rings (SSSR count). The third kappa shape index (κ3) is 4.63. The highest BCUT2D eigenvalue weighted by Gasteiger charge is 2.42. The number of thiazole rings is 1. The SMILES string of the molecule is CC(N)(CO)CCc1ccc2c(c1)CCc1nc(-c3onc(-c4ccccc4)c3C(F)(F)F)sc1-2. The first-order valence-electron chi connectivity index (χ1n) is 11.3. The van der Waals surface area contributed by atoms with Crippen molar-refractivity contribution in [2.45, 2.75) is 44.3 Å². The number of hydrogen-bond acceptors (Lipinski definition) is 6. The van der Waals surface area contributed by atoms with E-state index in [0.717, 1.165) is 40.1 Å². The quantitative estimate of drug-likeness (QED) is 0.345. The number of rotatable bonds is 6. The fraction of sp³-hybridized carbons (Fsp3) is 0.308. The molecular weight excluding hydrogens is 475 g/mol. The van der Waals surface area contributed by atoms with Gasteiger partial charge in [0.1, 0.15) is 11.3 Å². The number of aryl methyl sites for hydroxylation is 3. The van der Waals surface area contributed by atoms with Gasteiger partial charge in [-0.25, -0.2) is 4.98 Å². The zero-order valence-electron chi connectivity index (χ0n) is 19.0. The van der Waals surface area contributed by atoms with Crippen LogP contribution in [0.3, 0.4) is 0 Å². The summed E-state index contributed by atoms with van der Waals surface area (Å²) in [6.45, 7) is 1.73. The predicted molar refractivity (Wildman–Crippen MR) is 129 cm³/mol. The van der Waals surface area contributed by atoms with Crippen LogP contribution in [0.15, 0.2) is 53.1 Å². The second-order valence-electron chi connectivity index (χ2n) is 9.20. The molecule has 0 radical (unpaired) electrons. The van der Waals surface area contributed by atoms with Crippen molar-refractivity contribution in [1.82, 2.24) is 10.1 Å². The summed E-state index contributed by atoms with van der Waals surface area (Å²) in [5.74, 6) is -0.347. The maximum absolute atomic E-state index is 14.1. The summed E-state index contributed by atoms with van der Waals surface area (Å²) < 4.78 is 47.6. The average molecular weight is 500 g/mol. The van der Waals surface area contributed by atoms with Crippen molar-refractivity contribution in [1.29, 1.82) is 0 Å². The van der Waals surface area contributed by atoms with Crippen LogP contribution in [0.4, 0.5) is 13.2 Å². The van der Waals surface area contributed by atoms with Crippen LogP contribution in [0, 0.1) is 0 Å². The molecule has 1 aliphatic carbocycles. The molecule has 2 aromatic carbocycles. The van der Waals surface area contributed by atoms with E-state index in [9.17, 15) is 18.3 Å². The summed E-state index contributed by atoms with van der Waals surface area (Å²) in [7, 11) is 0. The molecule has 0 fully saturated rings. The zero-order valence-corrected chi connectivity index (χ0v) is 19.8. The number of nitrogens with two attached hydrogens (primary N) is 1. The average Bonchev–Trinajstić information content (AvgIpc) is 3.48. The number of hydrogen-bond donors (Lipinski definition) is 2. The van der Waals surface area contributed by atoms with E-state index in [2.05, 4.69) is 16.2 Å². The van der Waals surface area contributed by atoms with E-state index in [1.165, 1.54) is 11.3 Å². The minimum atomic E-state index is -4.65. The standard InChI is InChI=1S/C26H24F3N3O2S/c1-25(30,14-33)12-11-15-7-9-18-17(13-15)8-10-19-23(18)35-24(31-19)22-20(26(27,28)29)21(32-34-22)16-5-3-2-4-6-16/h2-7,9,13,33H,8,10-12,14,30H2,1H3. The fourth-order valence-corrected chi connectivity index (χ4v) is 5.47. The Balaban J connectivity index is 1.51. The van der Waals surface area contributed by atoms with Crippen molar-refractivity contribution < 1.29 is 22.8 Å². The van der Waals surface area contributed by atoms with Crippen molar-refractivity contribution in [3.8, 4) is 32.5 Å². The van der Waals surface area contributed by atoms with Crippen LogP contribution < -0.4 is 5.73 Å². The van der Waals surface area contributed by atoms with Crippen molar-refractivity contribution in [2.75, 3.05) is 6.61 Å². The number of alkyl halides is 3. The van der Waals surface area contributed by atoms with Gasteiger partial charge in [0.15, 0.2) is 5.01 Å². The number of fused-ring (bicyclic) bond motifs is 3. The molecule has 182 valence electrons. The number of aliphatic hydroxyl groups excluding tert-OH is 1. The normalized spacial score (nSPS) is 14.9. The van der Waals surface area contributed by atoms with E-state index in [-0.39, 0.29) is 23.1 Å². The Morgan fingerprint density at radius 1 is 1.11 bits per heavy atom. The summed E-state index contributed by atoms with van der Waals surface area (Å²) in [5.41, 5.74) is 8.61. The second kappa shape index (κ2) is 8.89. The second-order valence-corrected chi connectivity index (χ2v) is 10.2. The Morgan fingerprint density at radius 3 is 2.60 bits per heavy atom. The molecule has 1 aliphatic rings. The van der Waals surface area contributed by atoms with Crippen LogP contribution in [0.2, 0.25) is 0 Å². The van der Waals surface area contributed by atoms with Gasteiger partial charge in [-0.1, -0.05) is 53.7 Å². The van der Waals surface area contributed by atoms with E-state index in [0.29, 0.717) is 18.4 Å². The predicted octanol–water partition coefficient (Wildman–Crippen LogP) is 5.89. The van der Waals surface area contributed by atoms with Crippen LogP contribution in [-0.2, 0) is 25.4 Å². The van der Waals surface area contributed by atoms with Gasteiger partial charge >= 0.3 is 6.18 Å². The molecule has 0 aliphatic heterocycles. The van der Waals surface area contributed by atoms with Crippen molar-refractivity contribution in [2.24, 2.45) is 5.73 Å². The monoisotopic (exact) mass is 499 g/mol. The van der Waals surface area contributed by atoms with Crippen LogP contribution in [-0.4, -0.2) is 27.4 Å². The highest BCUT2D eigenvalue weighted by atomic mass is 32.1. The summed E-state index contributed by atoms with van der Waals surface area (Å²) in [6.07, 6.45) is -1.89. The molecule has 5 nitrogen and oxygen atoms in total. The van der Waals surface area contributed by atoms with Crippen LogP contribution >= 0.6 is 11.3 Å². The molecule has 0 amide bonds. The lowest BCUT2D eigenvalue weighted by molar-refractivity contribution is -0.136. The first-order chi connectivity index (χ1) is 16.7. The molecule has 9 heteroatoms. The van der Waals surface area contributed by atoms with E-state index in [4.69, 9.17) is 10.3 Å². The maximum atomic E-state index is 14.1. The third-order valence-electron chi connectivity index (χ3n) is 6.31. The number of halogens is 3. The molecule has 2 heterocycles. The molecule has 35 heavy (non-hydrogen) atoms. The highest BCUT2D eigenvalue weighted by Crippen LogP contribution is 2.47. The minimum absolute atomic E-state index is 0.0848. The first-order valence-corrected chi connectivity index (χ1v) is 12.1. The molecule has 0 saturated carbocycles. The maximum Gasteiger partial charge on any atom is 0.422 e. The molecular formula is C26H24F3N3O2S. The summed E-state index contributed by atoms with van der Waals surface area (Å²) in [4.78, 5) is 5.40. The first kappa shape index (κ1) is 23.7. The van der Waals surface area contributed by atoms with E-state index < -0.39 is 17.3 Å². The number of benzene rings is 2. The van der Waals surface area contributed by atoms with Crippen LogP contribution in [0.5, 0.6) is 0 Å². The van der Waals surface area contributed by atoms with E-state index in [1.54, 1.807) is 30.3 Å². The Kier molecular flexibility index (Phi) is 6.03. The van der Waals surface area contributed by atoms with Gasteiger partial charge in [-0.05, 0) is 49.3 Å². The van der Waals surface area contributed by atoms with Gasteiger partial charge < -0.3 is 15.4 Å². The van der Waals surface area contributed by atoms with Gasteiger partial charge in [0.2, 0.25) is 5.76 Å². The molecule has 0 bridgehead atoms. The van der Waals surface area contributed by atoms with Crippen LogP contribution in [0.25, 0.3) is 32.5 Å². The number of aliphatic hydroxyl groups is 1. The Morgan fingerprint density at radius 2 is 1.89 bits per heavy atom. The molecule has 3 N–H and O–H groups in total. The number of aromatic nitrogens is 2. The molecule has 4 aromatic rings. The van der Waals surface area contributed by atoms with Crippen molar-refractivity contribution in [3.63, 3.8) is 0 Å². The lowest BCUT2D eigenvalue weighted by Gasteiger charge is -2.22. The topological polar surface area (TPSA) is 85.2 Å². The zero-order chi connectivity index (χ0) is 24.8. The minimum Gasteiger partial charge on any atom is -0.394 e. The highest BCUT2D eigenvalue weighted by molar-refractivity contribution is 7.18. The third-order valence-corrected chi connectivity index (χ3v) is 7.44. The Hall–Kier alpha value is -3.01. The Bertz CT molecular complexity index is 1360. The largest absolute Gasteiger partial charge is 0.422 e. The van der Waals surface area contributed by atoms with Gasteiger partial charge in [0, 0.05) is 11.1 Å². The van der Waals surface area contributed by atoms with E-state index >= 15 is 0 Å². The number of nitrogens with zero attached hydrogens (tertiary/aromatic N) is 2. The van der Waals surface area contributed by atoms with Crippen molar-refractivity contribution in [3.05, 3.63) is 70.9 Å². The summed E-state index contributed by atoms with van der Waals surface area (Å²) >= 11 is 1.20.